The van der Waals surface area contributed by atoms with E-state index >= 15 is 0 Å². The summed E-state index contributed by atoms with van der Waals surface area (Å²) in [6.45, 7) is 0. The van der Waals surface area contributed by atoms with Gasteiger partial charge in [-0.1, -0.05) is 36.4 Å². The summed E-state index contributed by atoms with van der Waals surface area (Å²) in [5, 5.41) is 5.44. The van der Waals surface area contributed by atoms with E-state index in [2.05, 4.69) is 180 Å². The van der Waals surface area contributed by atoms with Crippen molar-refractivity contribution in [2.24, 2.45) is 0 Å². The van der Waals surface area contributed by atoms with Gasteiger partial charge in [0, 0.05) is 0 Å². The Labute approximate surface area is 257 Å². The second-order valence-electron chi connectivity index (χ2n) is 10.6. The summed E-state index contributed by atoms with van der Waals surface area (Å²) in [7, 11) is 0. The third-order valence-electron chi connectivity index (χ3n) is 8.01. The summed E-state index contributed by atoms with van der Waals surface area (Å²) >= 11 is 0.325. The molecule has 0 fully saturated rings. The van der Waals surface area contributed by atoms with E-state index in [0.29, 0.717) is 14.5 Å². The summed E-state index contributed by atoms with van der Waals surface area (Å²) in [5.74, 6) is 0. The van der Waals surface area contributed by atoms with E-state index in [0.717, 1.165) is 34.1 Å². The Morgan fingerprint density at radius 3 is 1.35 bits per heavy atom. The van der Waals surface area contributed by atoms with E-state index in [1.54, 1.807) is 0 Å². The smallest absolute Gasteiger partial charge is 0.0380 e. The summed E-state index contributed by atoms with van der Waals surface area (Å²) in [6.07, 6.45) is 0. The van der Waals surface area contributed by atoms with E-state index in [-0.39, 0.29) is 0 Å². The molecule has 0 aliphatic rings. The van der Waals surface area contributed by atoms with Gasteiger partial charge in [-0.15, -0.1) is 0 Å². The SMILES string of the molecule is c1ccc(N(c2ccccc2)c2ccc(N(c3ccccc3)c3ccc4c(ccc5c6ccccc6[se]c45)c3)cc2)cc1. The quantitative estimate of drug-likeness (QED) is 0.172. The van der Waals surface area contributed by atoms with Gasteiger partial charge in [0.05, 0.1) is 0 Å². The molecule has 0 aliphatic heterocycles. The minimum absolute atomic E-state index is 0.325. The molecule has 0 saturated heterocycles. The van der Waals surface area contributed by atoms with Gasteiger partial charge >= 0.3 is 198 Å². The first-order valence-corrected chi connectivity index (χ1v) is 16.2. The molecule has 3 heteroatoms. The maximum absolute atomic E-state index is 2.35. The number of rotatable bonds is 6. The van der Waals surface area contributed by atoms with Crippen LogP contribution >= 0.6 is 0 Å². The minimum atomic E-state index is 0.325. The normalized spacial score (nSPS) is 11.3. The van der Waals surface area contributed by atoms with E-state index in [9.17, 15) is 0 Å². The van der Waals surface area contributed by atoms with Crippen molar-refractivity contribution in [3.05, 3.63) is 170 Å². The predicted molar refractivity (Wildman–Crippen MR) is 185 cm³/mol. The van der Waals surface area contributed by atoms with Crippen molar-refractivity contribution in [3.63, 3.8) is 0 Å². The third-order valence-corrected chi connectivity index (χ3v) is 10.6. The second kappa shape index (κ2) is 11.0. The Kier molecular flexibility index (Phi) is 6.53. The van der Waals surface area contributed by atoms with Crippen LogP contribution in [0.15, 0.2) is 170 Å². The molecule has 43 heavy (non-hydrogen) atoms. The van der Waals surface area contributed by atoms with Gasteiger partial charge < -0.3 is 0 Å². The van der Waals surface area contributed by atoms with Crippen LogP contribution in [0.2, 0.25) is 0 Å². The number of anilines is 6. The van der Waals surface area contributed by atoms with Crippen molar-refractivity contribution in [1.29, 1.82) is 0 Å². The third kappa shape index (κ3) is 4.70. The van der Waals surface area contributed by atoms with Crippen LogP contribution in [0, 0.1) is 0 Å². The zero-order valence-corrected chi connectivity index (χ0v) is 25.2. The fourth-order valence-corrected chi connectivity index (χ4v) is 8.61. The number of nitrogens with zero attached hydrogens (tertiary/aromatic N) is 2. The monoisotopic (exact) mass is 616 g/mol. The molecule has 0 unspecified atom stereocenters. The summed E-state index contributed by atoms with van der Waals surface area (Å²) in [5.41, 5.74) is 6.78. The molecule has 0 bridgehead atoms. The first-order chi connectivity index (χ1) is 21.3. The fourth-order valence-electron chi connectivity index (χ4n) is 6.01. The van der Waals surface area contributed by atoms with Crippen molar-refractivity contribution in [2.45, 2.75) is 0 Å². The van der Waals surface area contributed by atoms with Crippen molar-refractivity contribution < 1.29 is 0 Å². The average Bonchev–Trinajstić information content (AvgIpc) is 3.46. The molecule has 0 saturated carbocycles. The molecular formula is C40H28N2Se. The van der Waals surface area contributed by atoms with Gasteiger partial charge in [-0.05, 0) is 24.3 Å². The van der Waals surface area contributed by atoms with Gasteiger partial charge in [-0.25, -0.2) is 0 Å². The Hall–Kier alpha value is -5.08. The van der Waals surface area contributed by atoms with Crippen LogP contribution in [0.1, 0.15) is 0 Å². The predicted octanol–water partition coefficient (Wildman–Crippen LogP) is 11.1. The maximum Gasteiger partial charge on any atom is -0.0380 e. The van der Waals surface area contributed by atoms with Crippen LogP contribution < -0.4 is 9.80 Å². The summed E-state index contributed by atoms with van der Waals surface area (Å²) in [6, 6.07) is 61.1. The molecule has 0 amide bonds. The number of benzene rings is 7. The molecule has 0 radical (unpaired) electrons. The van der Waals surface area contributed by atoms with Crippen molar-refractivity contribution in [1.82, 2.24) is 0 Å². The standard InChI is InChI=1S/C40H28N2Se/c1-4-12-30(13-5-1)41(31-14-6-2-7-15-31)33-21-23-34(24-22-33)42(32-16-8-3-9-17-32)35-25-27-36-29(28-35)20-26-38-37-18-10-11-19-39(37)43-40(36)38/h1-28H. The first-order valence-electron chi connectivity index (χ1n) is 14.5. The van der Waals surface area contributed by atoms with Crippen LogP contribution in [-0.2, 0) is 0 Å². The van der Waals surface area contributed by atoms with Gasteiger partial charge in [-0.2, -0.15) is 0 Å². The maximum atomic E-state index is 2.35. The zero-order valence-electron chi connectivity index (χ0n) is 23.5. The number of para-hydroxylation sites is 3. The molecule has 8 aromatic rings. The van der Waals surface area contributed by atoms with Gasteiger partial charge in [-0.3, -0.25) is 0 Å². The Bertz CT molecular complexity index is 2130. The van der Waals surface area contributed by atoms with Gasteiger partial charge in [0.25, 0.3) is 0 Å². The Morgan fingerprint density at radius 1 is 0.326 bits per heavy atom. The van der Waals surface area contributed by atoms with E-state index < -0.39 is 0 Å². The minimum Gasteiger partial charge on any atom is -0.0602 e. The molecule has 8 rings (SSSR count). The van der Waals surface area contributed by atoms with Crippen LogP contribution in [0.25, 0.3) is 30.1 Å². The van der Waals surface area contributed by atoms with E-state index in [1.807, 2.05) is 0 Å². The summed E-state index contributed by atoms with van der Waals surface area (Å²) < 4.78 is 2.97. The van der Waals surface area contributed by atoms with Crippen LogP contribution in [0.5, 0.6) is 0 Å². The molecule has 1 aromatic heterocycles. The van der Waals surface area contributed by atoms with Gasteiger partial charge in [0.2, 0.25) is 0 Å². The van der Waals surface area contributed by atoms with Crippen molar-refractivity contribution in [2.75, 3.05) is 9.80 Å². The molecule has 1 heterocycles. The Morgan fingerprint density at radius 2 is 0.767 bits per heavy atom. The molecule has 7 aromatic carbocycles. The molecule has 2 nitrogen and oxygen atoms in total. The van der Waals surface area contributed by atoms with E-state index in [4.69, 9.17) is 0 Å². The van der Waals surface area contributed by atoms with Crippen molar-refractivity contribution >= 4 is 78.7 Å². The number of hydrogen-bond acceptors (Lipinski definition) is 2. The molecule has 0 N–H and O–H groups in total. The molecule has 0 atom stereocenters. The fraction of sp³-hybridized carbons (Fsp3) is 0. The Balaban J connectivity index is 1.23. The summed E-state index contributed by atoms with van der Waals surface area (Å²) in [4.78, 5) is 4.65. The van der Waals surface area contributed by atoms with Gasteiger partial charge in [0.15, 0.2) is 0 Å². The largest absolute Gasteiger partial charge is 0.0602 e. The first kappa shape index (κ1) is 25.6. The number of hydrogen-bond donors (Lipinski definition) is 0. The average molecular weight is 616 g/mol. The molecule has 0 spiro atoms. The molecule has 0 aliphatic carbocycles. The van der Waals surface area contributed by atoms with Crippen LogP contribution in [-0.4, -0.2) is 14.5 Å². The van der Waals surface area contributed by atoms with Gasteiger partial charge in [0.1, 0.15) is 0 Å². The van der Waals surface area contributed by atoms with Crippen molar-refractivity contribution in [3.8, 4) is 0 Å². The molecule has 204 valence electrons. The zero-order chi connectivity index (χ0) is 28.6. The molecular weight excluding hydrogens is 587 g/mol. The van der Waals surface area contributed by atoms with Crippen LogP contribution in [0.4, 0.5) is 34.1 Å². The van der Waals surface area contributed by atoms with Crippen LogP contribution in [0.3, 0.4) is 0 Å². The topological polar surface area (TPSA) is 6.48 Å². The van der Waals surface area contributed by atoms with E-state index in [1.165, 1.54) is 30.1 Å². The second-order valence-corrected chi connectivity index (χ2v) is 12.8. The number of fused-ring (bicyclic) bond motifs is 5.